The van der Waals surface area contributed by atoms with Crippen LogP contribution in [0.15, 0.2) is 11.6 Å². The smallest absolute Gasteiger partial charge is 0.226 e. The molecule has 2 saturated heterocycles. The first-order valence-corrected chi connectivity index (χ1v) is 11.1. The largest absolute Gasteiger partial charge is 0.350 e. The van der Waals surface area contributed by atoms with Crippen LogP contribution in [0, 0.1) is 28.6 Å². The lowest BCUT2D eigenvalue weighted by Gasteiger charge is -2.59. The molecule has 0 unspecified atom stereocenters. The van der Waals surface area contributed by atoms with Crippen LogP contribution in [0.3, 0.4) is 0 Å². The molecule has 5 fully saturated rings. The molecule has 6 rings (SSSR count). The van der Waals surface area contributed by atoms with E-state index in [0.717, 1.165) is 32.1 Å². The van der Waals surface area contributed by atoms with E-state index in [1.165, 1.54) is 5.57 Å². The first kappa shape index (κ1) is 18.7. The van der Waals surface area contributed by atoms with Crippen LogP contribution in [0.2, 0.25) is 0 Å². The number of Topliss-reactive ketones (excluding diaryl/α,β-unsaturated/α-hetero) is 1. The van der Waals surface area contributed by atoms with Crippen LogP contribution in [-0.2, 0) is 28.5 Å². The van der Waals surface area contributed by atoms with E-state index < -0.39 is 11.4 Å². The van der Waals surface area contributed by atoms with Crippen LogP contribution in [-0.4, -0.2) is 43.1 Å². The van der Waals surface area contributed by atoms with Gasteiger partial charge < -0.3 is 18.9 Å². The van der Waals surface area contributed by atoms with Crippen molar-refractivity contribution >= 4 is 11.6 Å². The summed E-state index contributed by atoms with van der Waals surface area (Å²) in [6.07, 6.45) is 7.48. The van der Waals surface area contributed by atoms with Crippen LogP contribution in [0.25, 0.3) is 0 Å². The molecular weight excluding hydrogens is 372 g/mol. The van der Waals surface area contributed by atoms with Gasteiger partial charge in [-0.2, -0.15) is 0 Å². The first-order chi connectivity index (χ1) is 13.9. The Hall–Kier alpha value is -1.08. The number of hydrogen-bond acceptors (Lipinski definition) is 6. The van der Waals surface area contributed by atoms with Crippen molar-refractivity contribution in [2.45, 2.75) is 70.2 Å². The van der Waals surface area contributed by atoms with Crippen LogP contribution in [0.5, 0.6) is 0 Å². The van der Waals surface area contributed by atoms with Crippen molar-refractivity contribution in [3.8, 4) is 0 Å². The molecule has 2 aliphatic heterocycles. The molecule has 2 heterocycles. The van der Waals surface area contributed by atoms with Gasteiger partial charge in [0.1, 0.15) is 18.0 Å². The Kier molecular flexibility index (Phi) is 3.72. The number of hydrogen-bond donors (Lipinski definition) is 0. The predicted molar refractivity (Wildman–Crippen MR) is 102 cm³/mol. The van der Waals surface area contributed by atoms with Crippen LogP contribution >= 0.6 is 0 Å². The lowest BCUT2D eigenvalue weighted by molar-refractivity contribution is -0.246. The maximum absolute atomic E-state index is 13.8. The highest BCUT2D eigenvalue weighted by Crippen LogP contribution is 2.70. The van der Waals surface area contributed by atoms with Crippen molar-refractivity contribution < 1.29 is 28.5 Å². The van der Waals surface area contributed by atoms with Gasteiger partial charge in [-0.1, -0.05) is 19.4 Å². The van der Waals surface area contributed by atoms with Crippen molar-refractivity contribution in [1.29, 1.82) is 0 Å². The maximum atomic E-state index is 13.8. The van der Waals surface area contributed by atoms with E-state index >= 15 is 0 Å². The molecule has 6 nitrogen and oxygen atoms in total. The summed E-state index contributed by atoms with van der Waals surface area (Å²) < 4.78 is 24.0. The van der Waals surface area contributed by atoms with Gasteiger partial charge in [-0.25, -0.2) is 0 Å². The van der Waals surface area contributed by atoms with Gasteiger partial charge in [0.15, 0.2) is 19.4 Å². The fraction of sp³-hybridized carbons (Fsp3) is 0.826. The SMILES string of the molecule is C[C@]12CC(=O)[C@@H]3[C@@H](CCC4=CC(=O)CC[C@]43C)[C@H]1CC[C@]21OCO[C@]12COCO2. The number of carbonyl (C=O) groups excluding carboxylic acids is 2. The van der Waals surface area contributed by atoms with Crippen molar-refractivity contribution in [2.24, 2.45) is 28.6 Å². The Bertz CT molecular complexity index is 807. The van der Waals surface area contributed by atoms with E-state index in [9.17, 15) is 9.59 Å². The van der Waals surface area contributed by atoms with Crippen molar-refractivity contribution in [3.05, 3.63) is 11.6 Å². The standard InChI is InChI=1S/C23H30O6/c1-20-7-5-15(24)9-14(20)3-4-16-17-6-8-22(21(17,2)10-18(25)19(16)20)23(29-13-27-22)11-26-12-28-23/h9,16-17,19H,3-8,10-13H2,1-2H3/t16-,17+,19-,20+,21-,22-,23+/m0/s1. The average molecular weight is 402 g/mol. The lowest BCUT2D eigenvalue weighted by Crippen LogP contribution is -2.65. The number of ether oxygens (including phenoxy) is 4. The molecule has 0 aromatic heterocycles. The molecule has 0 radical (unpaired) electrons. The number of rotatable bonds is 0. The van der Waals surface area contributed by atoms with E-state index in [2.05, 4.69) is 13.8 Å². The van der Waals surface area contributed by atoms with Gasteiger partial charge in [0.2, 0.25) is 5.79 Å². The molecule has 3 saturated carbocycles. The Morgan fingerprint density at radius 2 is 1.83 bits per heavy atom. The van der Waals surface area contributed by atoms with Gasteiger partial charge in [-0.3, -0.25) is 9.59 Å². The van der Waals surface area contributed by atoms with E-state index in [-0.39, 0.29) is 36.1 Å². The molecule has 0 bridgehead atoms. The van der Waals surface area contributed by atoms with Crippen LogP contribution in [0.4, 0.5) is 0 Å². The summed E-state index contributed by atoms with van der Waals surface area (Å²) in [7, 11) is 0. The molecule has 0 aromatic carbocycles. The summed E-state index contributed by atoms with van der Waals surface area (Å²) in [5.41, 5.74) is 0.103. The molecule has 4 aliphatic carbocycles. The molecule has 0 amide bonds. The molecule has 158 valence electrons. The van der Waals surface area contributed by atoms with E-state index in [1.807, 2.05) is 6.08 Å². The number of allylic oxidation sites excluding steroid dienone is 1. The molecular formula is C23H30O6. The third-order valence-electron chi connectivity index (χ3n) is 9.65. The zero-order valence-electron chi connectivity index (χ0n) is 17.3. The molecule has 0 N–H and O–H groups in total. The third-order valence-corrected chi connectivity index (χ3v) is 9.65. The maximum Gasteiger partial charge on any atom is 0.226 e. The minimum Gasteiger partial charge on any atom is -0.350 e. The molecule has 7 atom stereocenters. The topological polar surface area (TPSA) is 71.1 Å². The second kappa shape index (κ2) is 5.78. The second-order valence-corrected chi connectivity index (χ2v) is 10.5. The second-order valence-electron chi connectivity index (χ2n) is 10.5. The highest BCUT2D eigenvalue weighted by molar-refractivity contribution is 5.93. The minimum atomic E-state index is -0.884. The fourth-order valence-corrected chi connectivity index (χ4v) is 8.36. The Morgan fingerprint density at radius 1 is 1.00 bits per heavy atom. The summed E-state index contributed by atoms with van der Waals surface area (Å²) in [6.45, 7) is 5.24. The number of fused-ring (bicyclic) bond motifs is 7. The molecule has 6 aliphatic rings. The summed E-state index contributed by atoms with van der Waals surface area (Å²) in [4.78, 5) is 25.8. The van der Waals surface area contributed by atoms with Gasteiger partial charge in [-0.05, 0) is 55.4 Å². The minimum absolute atomic E-state index is 0.0165. The summed E-state index contributed by atoms with van der Waals surface area (Å²) >= 11 is 0. The van der Waals surface area contributed by atoms with E-state index in [1.54, 1.807) is 0 Å². The third kappa shape index (κ3) is 2.07. The Labute approximate surface area is 171 Å². The zero-order valence-corrected chi connectivity index (χ0v) is 17.3. The molecule has 2 spiro atoms. The molecule has 6 heteroatoms. The Balaban J connectivity index is 1.42. The van der Waals surface area contributed by atoms with Gasteiger partial charge in [0.25, 0.3) is 0 Å². The fourth-order valence-electron chi connectivity index (χ4n) is 8.36. The van der Waals surface area contributed by atoms with E-state index in [0.29, 0.717) is 37.1 Å². The van der Waals surface area contributed by atoms with Crippen LogP contribution < -0.4 is 0 Å². The lowest BCUT2D eigenvalue weighted by atomic mass is 9.45. The normalized spacial score (nSPS) is 53.9. The van der Waals surface area contributed by atoms with Crippen molar-refractivity contribution in [2.75, 3.05) is 20.2 Å². The van der Waals surface area contributed by atoms with Gasteiger partial charge >= 0.3 is 0 Å². The first-order valence-electron chi connectivity index (χ1n) is 11.1. The van der Waals surface area contributed by atoms with Crippen molar-refractivity contribution in [1.82, 2.24) is 0 Å². The van der Waals surface area contributed by atoms with Gasteiger partial charge in [0.05, 0.1) is 0 Å². The molecule has 0 aromatic rings. The zero-order chi connectivity index (χ0) is 20.1. The Morgan fingerprint density at radius 3 is 2.62 bits per heavy atom. The average Bonchev–Trinajstić information content (AvgIpc) is 3.37. The summed E-state index contributed by atoms with van der Waals surface area (Å²) in [6, 6.07) is 0. The van der Waals surface area contributed by atoms with Gasteiger partial charge in [-0.15, -0.1) is 0 Å². The monoisotopic (exact) mass is 402 g/mol. The quantitative estimate of drug-likeness (QED) is 0.620. The highest BCUT2D eigenvalue weighted by Gasteiger charge is 2.76. The number of ketones is 2. The van der Waals surface area contributed by atoms with Gasteiger partial charge in [0, 0.05) is 24.2 Å². The van der Waals surface area contributed by atoms with Crippen molar-refractivity contribution in [3.63, 3.8) is 0 Å². The summed E-state index contributed by atoms with van der Waals surface area (Å²) in [5, 5.41) is 0. The summed E-state index contributed by atoms with van der Waals surface area (Å²) in [5.74, 6) is 0.416. The molecule has 29 heavy (non-hydrogen) atoms. The van der Waals surface area contributed by atoms with E-state index in [4.69, 9.17) is 18.9 Å². The van der Waals surface area contributed by atoms with Crippen LogP contribution in [0.1, 0.15) is 58.8 Å². The highest BCUT2D eigenvalue weighted by atomic mass is 16.9. The predicted octanol–water partition coefficient (Wildman–Crippen LogP) is 3.14. The number of carbonyl (C=O) groups is 2.